The Kier molecular flexibility index (Phi) is 5.53. The standard InChI is InChI=1S/C17H32O4Si/c1-16(2,3)22(4,5)21-14(9-12-18)15-13-19-17(20-15)10-7-6-8-11-17/h12,14-15H,6-11,13H2,1-5H3. The summed E-state index contributed by atoms with van der Waals surface area (Å²) in [6, 6.07) is 0. The predicted molar refractivity (Wildman–Crippen MR) is 89.4 cm³/mol. The minimum absolute atomic E-state index is 0.113. The highest BCUT2D eigenvalue weighted by Crippen LogP contribution is 2.42. The molecule has 1 spiro atoms. The average molecular weight is 329 g/mol. The minimum atomic E-state index is -1.93. The summed E-state index contributed by atoms with van der Waals surface area (Å²) in [6.45, 7) is 11.6. The molecule has 1 aliphatic carbocycles. The predicted octanol–water partition coefficient (Wildman–Crippen LogP) is 4.04. The van der Waals surface area contributed by atoms with Crippen LogP contribution >= 0.6 is 0 Å². The molecule has 0 N–H and O–H groups in total. The lowest BCUT2D eigenvalue weighted by atomic mass is 9.94. The SMILES string of the molecule is CC(C)(C)[Si](C)(C)OC(CC=O)C1COC2(CCCCC2)O1. The molecule has 2 fully saturated rings. The molecule has 2 rings (SSSR count). The molecule has 1 aliphatic heterocycles. The second kappa shape index (κ2) is 6.71. The quantitative estimate of drug-likeness (QED) is 0.564. The van der Waals surface area contributed by atoms with Crippen molar-refractivity contribution in [3.63, 3.8) is 0 Å². The Balaban J connectivity index is 2.04. The number of hydrogen-bond acceptors (Lipinski definition) is 4. The monoisotopic (exact) mass is 328 g/mol. The van der Waals surface area contributed by atoms with Crippen LogP contribution in [0.15, 0.2) is 0 Å². The summed E-state index contributed by atoms with van der Waals surface area (Å²) >= 11 is 0. The molecule has 0 radical (unpaired) electrons. The number of rotatable bonds is 5. The van der Waals surface area contributed by atoms with E-state index in [1.807, 2.05) is 0 Å². The molecule has 4 nitrogen and oxygen atoms in total. The second-order valence-corrected chi connectivity index (χ2v) is 13.0. The molecule has 5 heteroatoms. The summed E-state index contributed by atoms with van der Waals surface area (Å²) in [4.78, 5) is 11.1. The van der Waals surface area contributed by atoms with E-state index < -0.39 is 14.1 Å². The summed E-state index contributed by atoms with van der Waals surface area (Å²) in [5, 5.41) is 0.121. The first-order valence-electron chi connectivity index (χ1n) is 8.62. The molecular weight excluding hydrogens is 296 g/mol. The largest absolute Gasteiger partial charge is 0.411 e. The molecule has 2 atom stereocenters. The number of ether oxygens (including phenoxy) is 2. The molecule has 1 saturated heterocycles. The number of aldehydes is 1. The van der Waals surface area contributed by atoms with Gasteiger partial charge in [-0.3, -0.25) is 0 Å². The van der Waals surface area contributed by atoms with Crippen LogP contribution in [0.3, 0.4) is 0 Å². The molecule has 0 aromatic heterocycles. The van der Waals surface area contributed by atoms with Crippen LogP contribution in [0.1, 0.15) is 59.3 Å². The lowest BCUT2D eigenvalue weighted by molar-refractivity contribution is -0.194. The van der Waals surface area contributed by atoms with Crippen molar-refractivity contribution >= 4 is 14.6 Å². The van der Waals surface area contributed by atoms with Crippen LogP contribution < -0.4 is 0 Å². The van der Waals surface area contributed by atoms with E-state index in [1.165, 1.54) is 6.42 Å². The van der Waals surface area contributed by atoms with E-state index in [4.69, 9.17) is 13.9 Å². The Labute approximate surface area is 136 Å². The Hall–Kier alpha value is -0.233. The van der Waals surface area contributed by atoms with Crippen molar-refractivity contribution in [2.75, 3.05) is 6.61 Å². The van der Waals surface area contributed by atoms with E-state index in [9.17, 15) is 4.79 Å². The summed E-state index contributed by atoms with van der Waals surface area (Å²) in [7, 11) is -1.93. The van der Waals surface area contributed by atoms with Gasteiger partial charge in [0, 0.05) is 19.3 Å². The third kappa shape index (κ3) is 3.99. The number of carbonyl (C=O) groups is 1. The molecule has 0 aromatic carbocycles. The van der Waals surface area contributed by atoms with Gasteiger partial charge >= 0.3 is 0 Å². The van der Waals surface area contributed by atoms with Crippen LogP contribution in [0, 0.1) is 0 Å². The van der Waals surface area contributed by atoms with Gasteiger partial charge in [0.05, 0.1) is 12.7 Å². The van der Waals surface area contributed by atoms with Crippen molar-refractivity contribution in [3.8, 4) is 0 Å². The van der Waals surface area contributed by atoms with Gasteiger partial charge in [-0.2, -0.15) is 0 Å². The maximum atomic E-state index is 11.1. The lowest BCUT2D eigenvalue weighted by Crippen LogP contribution is -2.48. The van der Waals surface area contributed by atoms with Gasteiger partial charge in [0.1, 0.15) is 12.4 Å². The molecule has 0 aromatic rings. The average Bonchev–Trinajstić information content (AvgIpc) is 2.81. The zero-order chi connectivity index (χ0) is 16.4. The van der Waals surface area contributed by atoms with E-state index in [1.54, 1.807) is 0 Å². The molecule has 0 bridgehead atoms. The summed E-state index contributed by atoms with van der Waals surface area (Å²) in [5.74, 6) is -0.402. The maximum absolute atomic E-state index is 11.1. The fourth-order valence-electron chi connectivity index (χ4n) is 3.04. The van der Waals surface area contributed by atoms with Gasteiger partial charge in [0.25, 0.3) is 0 Å². The van der Waals surface area contributed by atoms with Gasteiger partial charge in [-0.15, -0.1) is 0 Å². The molecule has 2 aliphatic rings. The molecule has 1 heterocycles. The van der Waals surface area contributed by atoms with Gasteiger partial charge in [0.15, 0.2) is 14.1 Å². The first-order valence-corrected chi connectivity index (χ1v) is 11.5. The minimum Gasteiger partial charge on any atom is -0.411 e. The van der Waals surface area contributed by atoms with Crippen LogP contribution in [0.4, 0.5) is 0 Å². The van der Waals surface area contributed by atoms with Crippen molar-refractivity contribution in [1.82, 2.24) is 0 Å². The van der Waals surface area contributed by atoms with Crippen LogP contribution in [-0.2, 0) is 18.7 Å². The van der Waals surface area contributed by atoms with E-state index in [0.29, 0.717) is 13.0 Å². The number of carbonyl (C=O) groups excluding carboxylic acids is 1. The molecule has 22 heavy (non-hydrogen) atoms. The van der Waals surface area contributed by atoms with Crippen LogP contribution in [-0.4, -0.2) is 39.2 Å². The molecule has 2 unspecified atom stereocenters. The summed E-state index contributed by atoms with van der Waals surface area (Å²) in [5.41, 5.74) is 0. The lowest BCUT2D eigenvalue weighted by Gasteiger charge is -2.40. The fourth-order valence-corrected chi connectivity index (χ4v) is 4.40. The van der Waals surface area contributed by atoms with E-state index >= 15 is 0 Å². The second-order valence-electron chi connectivity index (χ2n) is 8.26. The fraction of sp³-hybridized carbons (Fsp3) is 0.941. The Bertz CT molecular complexity index is 383. The highest BCUT2D eigenvalue weighted by molar-refractivity contribution is 6.74. The Morgan fingerprint density at radius 1 is 1.27 bits per heavy atom. The zero-order valence-electron chi connectivity index (χ0n) is 14.8. The summed E-state index contributed by atoms with van der Waals surface area (Å²) < 4.78 is 18.8. The van der Waals surface area contributed by atoms with Gasteiger partial charge in [-0.25, -0.2) is 0 Å². The van der Waals surface area contributed by atoms with E-state index in [2.05, 4.69) is 33.9 Å². The molecule has 1 saturated carbocycles. The third-order valence-electron chi connectivity index (χ3n) is 5.49. The Morgan fingerprint density at radius 2 is 1.91 bits per heavy atom. The smallest absolute Gasteiger partial charge is 0.192 e. The van der Waals surface area contributed by atoms with Crippen molar-refractivity contribution < 1.29 is 18.7 Å². The zero-order valence-corrected chi connectivity index (χ0v) is 15.8. The first kappa shape index (κ1) is 18.1. The van der Waals surface area contributed by atoms with Crippen molar-refractivity contribution in [3.05, 3.63) is 0 Å². The number of hydrogen-bond donors (Lipinski definition) is 0. The topological polar surface area (TPSA) is 44.8 Å². The first-order chi connectivity index (χ1) is 10.2. The summed E-state index contributed by atoms with van der Waals surface area (Å²) in [6.07, 6.45) is 6.56. The van der Waals surface area contributed by atoms with Crippen molar-refractivity contribution in [2.45, 2.75) is 95.4 Å². The maximum Gasteiger partial charge on any atom is 0.192 e. The molecule has 0 amide bonds. The van der Waals surface area contributed by atoms with Gasteiger partial charge in [-0.1, -0.05) is 27.2 Å². The van der Waals surface area contributed by atoms with Crippen LogP contribution in [0.25, 0.3) is 0 Å². The van der Waals surface area contributed by atoms with E-state index in [-0.39, 0.29) is 17.2 Å². The van der Waals surface area contributed by atoms with Crippen molar-refractivity contribution in [2.24, 2.45) is 0 Å². The van der Waals surface area contributed by atoms with Gasteiger partial charge in [-0.05, 0) is 31.0 Å². The highest BCUT2D eigenvalue weighted by Gasteiger charge is 2.47. The highest BCUT2D eigenvalue weighted by atomic mass is 28.4. The van der Waals surface area contributed by atoms with E-state index in [0.717, 1.165) is 32.0 Å². The third-order valence-corrected chi connectivity index (χ3v) is 9.99. The van der Waals surface area contributed by atoms with Gasteiger partial charge in [0.2, 0.25) is 0 Å². The van der Waals surface area contributed by atoms with Crippen molar-refractivity contribution in [1.29, 1.82) is 0 Å². The Morgan fingerprint density at radius 3 is 2.45 bits per heavy atom. The van der Waals surface area contributed by atoms with Crippen LogP contribution in [0.5, 0.6) is 0 Å². The van der Waals surface area contributed by atoms with Crippen LogP contribution in [0.2, 0.25) is 18.1 Å². The molecular formula is C17H32O4Si. The molecule has 128 valence electrons. The normalized spacial score (nSPS) is 27.0. The van der Waals surface area contributed by atoms with Gasteiger partial charge < -0.3 is 18.7 Å².